The van der Waals surface area contributed by atoms with Crippen LogP contribution in [0.4, 0.5) is 13.2 Å². The van der Waals surface area contributed by atoms with Gasteiger partial charge in [0.1, 0.15) is 0 Å². The number of fused-ring (bicyclic) bond motifs is 2. The van der Waals surface area contributed by atoms with Gasteiger partial charge in [-0.25, -0.2) is 0 Å². The molecule has 5 rings (SSSR count). The van der Waals surface area contributed by atoms with Gasteiger partial charge in [-0.05, 0) is 46.4 Å². The summed E-state index contributed by atoms with van der Waals surface area (Å²) in [6.45, 7) is 5.19. The zero-order chi connectivity index (χ0) is 25.6. The molecule has 0 bridgehead atoms. The van der Waals surface area contributed by atoms with Crippen molar-refractivity contribution >= 4 is 5.91 Å². The van der Waals surface area contributed by atoms with Crippen molar-refractivity contribution in [2.24, 2.45) is 5.92 Å². The van der Waals surface area contributed by atoms with Gasteiger partial charge in [0.05, 0.1) is 35.0 Å². The smallest absolute Gasteiger partial charge is 0.390 e. The number of carbonyl (C=O) groups is 1. The predicted octanol–water partition coefficient (Wildman–Crippen LogP) is 5.20. The number of hydrogen-bond acceptors (Lipinski definition) is 4. The van der Waals surface area contributed by atoms with Crippen LogP contribution in [0, 0.1) is 5.92 Å². The topological polar surface area (TPSA) is 65.5 Å². The lowest BCUT2D eigenvalue weighted by Crippen LogP contribution is -2.34. The van der Waals surface area contributed by atoms with Crippen LogP contribution in [0.15, 0.2) is 60.8 Å². The summed E-state index contributed by atoms with van der Waals surface area (Å²) < 4.78 is 38.8. The van der Waals surface area contributed by atoms with E-state index in [0.29, 0.717) is 25.1 Å². The number of aromatic nitrogens is 1. The Hall–Kier alpha value is -3.23. The Kier molecular flexibility index (Phi) is 6.34. The number of nitrogens with one attached hydrogen (secondary N) is 1. The quantitative estimate of drug-likeness (QED) is 0.511. The molecule has 0 saturated heterocycles. The fourth-order valence-electron chi connectivity index (χ4n) is 5.43. The second-order valence-electron chi connectivity index (χ2n) is 9.98. The minimum atomic E-state index is -4.36. The Morgan fingerprint density at radius 2 is 1.86 bits per heavy atom. The lowest BCUT2D eigenvalue weighted by atomic mass is 9.99. The standard InChI is InChI=1S/C28H28F3N3O2/c1-16(2)26-24-20(15-34(26)14-17-7-9-21(10-8-17)28(29,30)31)11-19(13-32-24)27(36)33-25-22-6-4-3-5-18(22)12-23(25)35/h3-11,13,16,23,25-26,35H,12,14-15H2,1-2H3,(H,33,36)/t23-,25-,26-/m0/s1. The van der Waals surface area contributed by atoms with Gasteiger partial charge in [-0.3, -0.25) is 14.7 Å². The number of aliphatic hydroxyl groups is 1. The van der Waals surface area contributed by atoms with Crippen molar-refractivity contribution in [2.45, 2.75) is 57.7 Å². The van der Waals surface area contributed by atoms with Gasteiger partial charge in [-0.1, -0.05) is 50.2 Å². The SMILES string of the molecule is CC(C)[C@H]1c2ncc(C(=O)N[C@H]3c4ccccc4C[C@@H]3O)cc2CN1Cc1ccc(C(F)(F)F)cc1. The number of amides is 1. The third-order valence-electron chi connectivity index (χ3n) is 7.10. The van der Waals surface area contributed by atoms with Gasteiger partial charge in [0.15, 0.2) is 0 Å². The molecular formula is C28H28F3N3O2. The second-order valence-corrected chi connectivity index (χ2v) is 9.98. The molecule has 2 aromatic carbocycles. The van der Waals surface area contributed by atoms with Gasteiger partial charge in [0, 0.05) is 25.7 Å². The minimum Gasteiger partial charge on any atom is -0.390 e. The van der Waals surface area contributed by atoms with Crippen molar-refractivity contribution < 1.29 is 23.1 Å². The lowest BCUT2D eigenvalue weighted by molar-refractivity contribution is -0.137. The highest BCUT2D eigenvalue weighted by Gasteiger charge is 2.36. The second kappa shape index (κ2) is 9.33. The number of rotatable bonds is 5. The Labute approximate surface area is 208 Å². The first-order chi connectivity index (χ1) is 17.1. The lowest BCUT2D eigenvalue weighted by Gasteiger charge is -2.27. The van der Waals surface area contributed by atoms with Crippen LogP contribution in [-0.4, -0.2) is 27.0 Å². The molecule has 0 saturated carbocycles. The average Bonchev–Trinajstić information content (AvgIpc) is 3.35. The van der Waals surface area contributed by atoms with Crippen molar-refractivity contribution in [1.29, 1.82) is 0 Å². The summed E-state index contributed by atoms with van der Waals surface area (Å²) in [5.41, 5.74) is 4.32. The molecule has 1 aromatic heterocycles. The van der Waals surface area contributed by atoms with Crippen LogP contribution < -0.4 is 5.32 Å². The number of aliphatic hydroxyl groups excluding tert-OH is 1. The highest BCUT2D eigenvalue weighted by atomic mass is 19.4. The highest BCUT2D eigenvalue weighted by Crippen LogP contribution is 2.39. The van der Waals surface area contributed by atoms with Crippen LogP contribution in [0.3, 0.4) is 0 Å². The van der Waals surface area contributed by atoms with E-state index < -0.39 is 23.9 Å². The largest absolute Gasteiger partial charge is 0.416 e. The molecule has 2 aliphatic rings. The maximum Gasteiger partial charge on any atom is 0.416 e. The van der Waals surface area contributed by atoms with E-state index in [1.807, 2.05) is 30.3 Å². The van der Waals surface area contributed by atoms with Crippen molar-refractivity contribution in [3.8, 4) is 0 Å². The molecule has 2 N–H and O–H groups in total. The Bertz CT molecular complexity index is 1270. The first kappa shape index (κ1) is 24.5. The number of benzene rings is 2. The average molecular weight is 496 g/mol. The normalized spacial score (nSPS) is 21.5. The Balaban J connectivity index is 1.34. The van der Waals surface area contributed by atoms with E-state index in [9.17, 15) is 23.1 Å². The third kappa shape index (κ3) is 4.63. The molecule has 2 heterocycles. The van der Waals surface area contributed by atoms with Crippen LogP contribution >= 0.6 is 0 Å². The van der Waals surface area contributed by atoms with Crippen LogP contribution in [0.2, 0.25) is 0 Å². The van der Waals surface area contributed by atoms with Gasteiger partial charge >= 0.3 is 6.18 Å². The van der Waals surface area contributed by atoms with E-state index in [1.165, 1.54) is 12.1 Å². The van der Waals surface area contributed by atoms with E-state index in [2.05, 4.69) is 29.0 Å². The number of halogens is 3. The molecule has 0 spiro atoms. The fraction of sp³-hybridized carbons (Fsp3) is 0.357. The predicted molar refractivity (Wildman–Crippen MR) is 129 cm³/mol. The third-order valence-corrected chi connectivity index (χ3v) is 7.10. The summed E-state index contributed by atoms with van der Waals surface area (Å²) >= 11 is 0. The van der Waals surface area contributed by atoms with Crippen LogP contribution in [0.25, 0.3) is 0 Å². The van der Waals surface area contributed by atoms with E-state index in [0.717, 1.165) is 40.1 Å². The van der Waals surface area contributed by atoms with E-state index in [4.69, 9.17) is 0 Å². The van der Waals surface area contributed by atoms with Crippen molar-refractivity contribution in [1.82, 2.24) is 15.2 Å². The van der Waals surface area contributed by atoms with Gasteiger partial charge in [-0.2, -0.15) is 13.2 Å². The van der Waals surface area contributed by atoms with Crippen LogP contribution in [-0.2, 0) is 25.7 Å². The molecule has 36 heavy (non-hydrogen) atoms. The first-order valence-corrected chi connectivity index (χ1v) is 12.1. The summed E-state index contributed by atoms with van der Waals surface area (Å²) in [6, 6.07) is 14.3. The van der Waals surface area contributed by atoms with Gasteiger partial charge in [-0.15, -0.1) is 0 Å². The molecule has 5 nitrogen and oxygen atoms in total. The number of pyridine rings is 1. The molecule has 188 valence electrons. The summed E-state index contributed by atoms with van der Waals surface area (Å²) in [5.74, 6) is -0.0775. The number of hydrogen-bond donors (Lipinski definition) is 2. The molecule has 8 heteroatoms. The summed E-state index contributed by atoms with van der Waals surface area (Å²) in [7, 11) is 0. The van der Waals surface area contributed by atoms with Crippen molar-refractivity contribution in [3.05, 3.63) is 99.9 Å². The van der Waals surface area contributed by atoms with Gasteiger partial charge < -0.3 is 10.4 Å². The zero-order valence-corrected chi connectivity index (χ0v) is 20.1. The number of nitrogens with zero attached hydrogens (tertiary/aromatic N) is 2. The van der Waals surface area contributed by atoms with Crippen molar-refractivity contribution in [3.63, 3.8) is 0 Å². The molecule has 0 unspecified atom stereocenters. The fourth-order valence-corrected chi connectivity index (χ4v) is 5.43. The molecule has 0 radical (unpaired) electrons. The molecule has 0 fully saturated rings. The first-order valence-electron chi connectivity index (χ1n) is 12.1. The maximum atomic E-state index is 13.1. The Morgan fingerprint density at radius 1 is 1.14 bits per heavy atom. The molecule has 1 aliphatic heterocycles. The summed E-state index contributed by atoms with van der Waals surface area (Å²) in [5, 5.41) is 13.5. The molecular weight excluding hydrogens is 467 g/mol. The van der Waals surface area contributed by atoms with Crippen LogP contribution in [0.1, 0.15) is 69.8 Å². The van der Waals surface area contributed by atoms with Gasteiger partial charge in [0.2, 0.25) is 0 Å². The van der Waals surface area contributed by atoms with E-state index in [-0.39, 0.29) is 17.9 Å². The molecule has 3 atom stereocenters. The van der Waals surface area contributed by atoms with Crippen LogP contribution in [0.5, 0.6) is 0 Å². The van der Waals surface area contributed by atoms with E-state index >= 15 is 0 Å². The van der Waals surface area contributed by atoms with Gasteiger partial charge in [0.25, 0.3) is 5.91 Å². The summed E-state index contributed by atoms with van der Waals surface area (Å²) in [6.07, 6.45) is -2.98. The maximum absolute atomic E-state index is 13.1. The van der Waals surface area contributed by atoms with Crippen molar-refractivity contribution in [2.75, 3.05) is 0 Å². The zero-order valence-electron chi connectivity index (χ0n) is 20.1. The molecule has 1 amide bonds. The monoisotopic (exact) mass is 495 g/mol. The Morgan fingerprint density at radius 3 is 2.56 bits per heavy atom. The minimum absolute atomic E-state index is 0.0112. The summed E-state index contributed by atoms with van der Waals surface area (Å²) in [4.78, 5) is 19.9. The highest BCUT2D eigenvalue weighted by molar-refractivity contribution is 5.94. The number of alkyl halides is 3. The van der Waals surface area contributed by atoms with E-state index in [1.54, 1.807) is 6.20 Å². The molecule has 1 aliphatic carbocycles. The number of carbonyl (C=O) groups excluding carboxylic acids is 1. The molecule has 3 aromatic rings.